The van der Waals surface area contributed by atoms with Gasteiger partial charge in [0, 0.05) is 12.2 Å². The van der Waals surface area contributed by atoms with E-state index in [4.69, 9.17) is 5.73 Å². The van der Waals surface area contributed by atoms with Crippen LogP contribution in [-0.4, -0.2) is 20.8 Å². The third-order valence-electron chi connectivity index (χ3n) is 3.49. The molecule has 2 rings (SSSR count). The lowest BCUT2D eigenvalue weighted by Crippen LogP contribution is -2.31. The molecular weight excluding hydrogens is 252 g/mol. The molecule has 1 aromatic heterocycles. The molecule has 0 bridgehead atoms. The van der Waals surface area contributed by atoms with Gasteiger partial charge in [0.1, 0.15) is 5.69 Å². The van der Waals surface area contributed by atoms with E-state index in [2.05, 4.69) is 10.3 Å². The first kappa shape index (κ1) is 14.2. The monoisotopic (exact) mass is 272 g/mol. The average molecular weight is 272 g/mol. The van der Waals surface area contributed by atoms with Crippen molar-refractivity contribution in [1.29, 1.82) is 0 Å². The Bertz CT molecular complexity index is 599. The van der Waals surface area contributed by atoms with Crippen LogP contribution in [0, 0.1) is 0 Å². The fourth-order valence-corrected chi connectivity index (χ4v) is 2.16. The number of nitrogens with two attached hydrogens (primary N) is 1. The van der Waals surface area contributed by atoms with Gasteiger partial charge in [-0.05, 0) is 38.0 Å². The number of carbonyl (C=O) groups is 1. The number of ketones is 1. The van der Waals surface area contributed by atoms with Crippen LogP contribution >= 0.6 is 0 Å². The molecule has 0 aliphatic carbocycles. The molecule has 0 unspecified atom stereocenters. The highest BCUT2D eigenvalue weighted by Crippen LogP contribution is 2.28. The minimum absolute atomic E-state index is 0.0146. The van der Waals surface area contributed by atoms with Crippen LogP contribution in [0.1, 0.15) is 43.2 Å². The van der Waals surface area contributed by atoms with E-state index >= 15 is 0 Å². The van der Waals surface area contributed by atoms with Crippen LogP contribution in [0.25, 0.3) is 0 Å². The Morgan fingerprint density at radius 3 is 2.55 bits per heavy atom. The lowest BCUT2D eigenvalue weighted by Gasteiger charge is -2.23. The fourth-order valence-electron chi connectivity index (χ4n) is 2.16. The number of benzene rings is 1. The largest absolute Gasteiger partial charge is 0.399 e. The Labute approximate surface area is 118 Å². The second-order valence-electron chi connectivity index (χ2n) is 5.42. The van der Waals surface area contributed by atoms with E-state index in [1.165, 1.54) is 6.20 Å². The number of aromatic nitrogens is 3. The summed E-state index contributed by atoms with van der Waals surface area (Å²) in [7, 11) is 0. The second-order valence-corrected chi connectivity index (χ2v) is 5.42. The highest BCUT2D eigenvalue weighted by Gasteiger charge is 2.33. The third kappa shape index (κ3) is 2.57. The van der Waals surface area contributed by atoms with Gasteiger partial charge in [0.25, 0.3) is 0 Å². The van der Waals surface area contributed by atoms with Crippen molar-refractivity contribution in [3.05, 3.63) is 41.7 Å². The smallest absolute Gasteiger partial charge is 0.192 e. The number of carbonyl (C=O) groups excluding carboxylic acids is 1. The molecule has 106 valence electrons. The van der Waals surface area contributed by atoms with E-state index in [9.17, 15) is 4.79 Å². The van der Waals surface area contributed by atoms with E-state index in [0.717, 1.165) is 12.0 Å². The van der Waals surface area contributed by atoms with Crippen molar-refractivity contribution in [2.45, 2.75) is 39.2 Å². The van der Waals surface area contributed by atoms with Crippen LogP contribution in [0.2, 0.25) is 0 Å². The molecule has 5 nitrogen and oxygen atoms in total. The van der Waals surface area contributed by atoms with Crippen LogP contribution < -0.4 is 5.73 Å². The Morgan fingerprint density at radius 1 is 1.30 bits per heavy atom. The number of anilines is 1. The van der Waals surface area contributed by atoms with Crippen LogP contribution in [0.4, 0.5) is 5.69 Å². The number of rotatable bonds is 5. The van der Waals surface area contributed by atoms with Gasteiger partial charge in [-0.1, -0.05) is 24.3 Å². The van der Waals surface area contributed by atoms with E-state index in [1.807, 2.05) is 45.0 Å². The first-order valence-corrected chi connectivity index (χ1v) is 6.76. The summed E-state index contributed by atoms with van der Waals surface area (Å²) in [5.41, 5.74) is 7.23. The summed E-state index contributed by atoms with van der Waals surface area (Å²) in [6.45, 7) is 6.55. The summed E-state index contributed by atoms with van der Waals surface area (Å²) in [4.78, 5) is 12.8. The number of hydrogen-bond donors (Lipinski definition) is 1. The van der Waals surface area contributed by atoms with Gasteiger partial charge in [0.05, 0.1) is 11.6 Å². The van der Waals surface area contributed by atoms with Gasteiger partial charge in [-0.25, -0.2) is 4.68 Å². The fraction of sp³-hybridized carbons (Fsp3) is 0.400. The lowest BCUT2D eigenvalue weighted by atomic mass is 9.79. The van der Waals surface area contributed by atoms with Gasteiger partial charge in [-0.15, -0.1) is 5.10 Å². The van der Waals surface area contributed by atoms with Gasteiger partial charge >= 0.3 is 0 Å². The molecule has 0 amide bonds. The molecule has 0 radical (unpaired) electrons. The normalized spacial score (nSPS) is 11.6. The molecule has 0 aliphatic heterocycles. The highest BCUT2D eigenvalue weighted by molar-refractivity contribution is 6.02. The Balaban J connectivity index is 2.35. The molecule has 20 heavy (non-hydrogen) atoms. The van der Waals surface area contributed by atoms with Crippen molar-refractivity contribution in [3.8, 4) is 0 Å². The predicted molar refractivity (Wildman–Crippen MR) is 78.5 cm³/mol. The first-order valence-electron chi connectivity index (χ1n) is 6.76. The molecule has 0 saturated heterocycles. The molecule has 2 aromatic rings. The molecule has 5 heteroatoms. The van der Waals surface area contributed by atoms with E-state index < -0.39 is 5.41 Å². The summed E-state index contributed by atoms with van der Waals surface area (Å²) < 4.78 is 1.67. The predicted octanol–water partition coefficient (Wildman–Crippen LogP) is 2.43. The zero-order valence-corrected chi connectivity index (χ0v) is 12.1. The van der Waals surface area contributed by atoms with Gasteiger partial charge in [0.2, 0.25) is 0 Å². The van der Waals surface area contributed by atoms with Crippen molar-refractivity contribution in [3.63, 3.8) is 0 Å². The van der Waals surface area contributed by atoms with Gasteiger partial charge < -0.3 is 5.73 Å². The zero-order valence-electron chi connectivity index (χ0n) is 12.1. The Kier molecular flexibility index (Phi) is 3.88. The molecule has 0 aliphatic rings. The van der Waals surface area contributed by atoms with Crippen LogP contribution in [-0.2, 0) is 12.0 Å². The van der Waals surface area contributed by atoms with Crippen molar-refractivity contribution >= 4 is 11.5 Å². The van der Waals surface area contributed by atoms with Gasteiger partial charge in [-0.2, -0.15) is 0 Å². The molecule has 0 fully saturated rings. The van der Waals surface area contributed by atoms with Crippen molar-refractivity contribution in [2.75, 3.05) is 5.73 Å². The molecule has 0 spiro atoms. The summed E-state index contributed by atoms with van der Waals surface area (Å²) in [5, 5.41) is 7.83. The molecule has 0 atom stereocenters. The summed E-state index contributed by atoms with van der Waals surface area (Å²) in [6, 6.07) is 7.40. The number of nitrogen functional groups attached to an aromatic ring is 1. The van der Waals surface area contributed by atoms with Gasteiger partial charge in [0.15, 0.2) is 5.78 Å². The minimum Gasteiger partial charge on any atom is -0.399 e. The molecule has 2 N–H and O–H groups in total. The topological polar surface area (TPSA) is 73.8 Å². The zero-order chi connectivity index (χ0) is 14.8. The first-order chi connectivity index (χ1) is 9.46. The van der Waals surface area contributed by atoms with E-state index in [1.54, 1.807) is 4.68 Å². The highest BCUT2D eigenvalue weighted by atomic mass is 16.1. The minimum atomic E-state index is -0.638. The average Bonchev–Trinajstić information content (AvgIpc) is 2.87. The Hall–Kier alpha value is -2.17. The molecule has 0 saturated carbocycles. The van der Waals surface area contributed by atoms with Gasteiger partial charge in [-0.3, -0.25) is 4.79 Å². The maximum absolute atomic E-state index is 12.8. The Morgan fingerprint density at radius 2 is 1.95 bits per heavy atom. The second kappa shape index (κ2) is 5.45. The molecule has 1 aromatic carbocycles. The number of aryl methyl sites for hydroxylation is 1. The molecule has 1 heterocycles. The summed E-state index contributed by atoms with van der Waals surface area (Å²) in [5.74, 6) is 0.0146. The van der Waals surface area contributed by atoms with Crippen molar-refractivity contribution in [1.82, 2.24) is 15.0 Å². The standard InChI is InChI=1S/C15H20N4O/c1-4-9-19-13(10-17-18-19)14(20)15(2,3)11-5-7-12(16)8-6-11/h5-8,10H,4,9,16H2,1-3H3. The third-order valence-corrected chi connectivity index (χ3v) is 3.49. The maximum atomic E-state index is 12.8. The van der Waals surface area contributed by atoms with Crippen LogP contribution in [0.3, 0.4) is 0 Å². The SMILES string of the molecule is CCCn1nncc1C(=O)C(C)(C)c1ccc(N)cc1. The maximum Gasteiger partial charge on any atom is 0.192 e. The number of hydrogen-bond acceptors (Lipinski definition) is 4. The van der Waals surface area contributed by atoms with E-state index in [0.29, 0.717) is 17.9 Å². The summed E-state index contributed by atoms with van der Waals surface area (Å²) >= 11 is 0. The number of nitrogens with zero attached hydrogens (tertiary/aromatic N) is 3. The quantitative estimate of drug-likeness (QED) is 0.670. The van der Waals surface area contributed by atoms with Crippen LogP contribution in [0.5, 0.6) is 0 Å². The van der Waals surface area contributed by atoms with Crippen molar-refractivity contribution in [2.24, 2.45) is 0 Å². The lowest BCUT2D eigenvalue weighted by molar-refractivity contribution is 0.0897. The summed E-state index contributed by atoms with van der Waals surface area (Å²) in [6.07, 6.45) is 2.45. The number of Topliss-reactive ketones (excluding diaryl/α,β-unsaturated/α-hetero) is 1. The van der Waals surface area contributed by atoms with Crippen molar-refractivity contribution < 1.29 is 4.79 Å². The van der Waals surface area contributed by atoms with E-state index in [-0.39, 0.29) is 5.78 Å². The molecular formula is C15H20N4O. The van der Waals surface area contributed by atoms with Crippen LogP contribution in [0.15, 0.2) is 30.5 Å².